The number of Topliss-reactive ketones (excluding diaryl/α,β-unsaturated/α-hetero) is 1. The molecule has 0 aromatic heterocycles. The second-order valence-electron chi connectivity index (χ2n) is 7.58. The van der Waals surface area contributed by atoms with Crippen LogP contribution in [0.25, 0.3) is 0 Å². The fourth-order valence-electron chi connectivity index (χ4n) is 3.68. The van der Waals surface area contributed by atoms with Crippen LogP contribution in [0, 0.1) is 13.8 Å². The van der Waals surface area contributed by atoms with Gasteiger partial charge in [-0.1, -0.05) is 29.8 Å². The minimum atomic E-state index is -0.115. The van der Waals surface area contributed by atoms with Gasteiger partial charge in [0.15, 0.2) is 5.78 Å². The molecule has 0 atom stereocenters. The molecule has 1 N–H and O–H groups in total. The van der Waals surface area contributed by atoms with Gasteiger partial charge in [0.1, 0.15) is 12.4 Å². The molecule has 4 nitrogen and oxygen atoms in total. The Kier molecular flexibility index (Phi) is 6.85. The summed E-state index contributed by atoms with van der Waals surface area (Å²) in [6, 6.07) is 12.0. The van der Waals surface area contributed by atoms with Crippen molar-refractivity contribution < 1.29 is 14.3 Å². The Labute approximate surface area is 167 Å². The van der Waals surface area contributed by atoms with Crippen molar-refractivity contribution >= 4 is 11.7 Å². The molecule has 28 heavy (non-hydrogen) atoms. The predicted molar refractivity (Wildman–Crippen MR) is 111 cm³/mol. The summed E-state index contributed by atoms with van der Waals surface area (Å²) in [6.45, 7) is 4.89. The molecule has 1 amide bonds. The molecule has 0 radical (unpaired) electrons. The van der Waals surface area contributed by atoms with E-state index in [1.54, 1.807) is 0 Å². The van der Waals surface area contributed by atoms with Gasteiger partial charge in [0.2, 0.25) is 5.91 Å². The van der Waals surface area contributed by atoms with E-state index in [1.165, 1.54) is 29.5 Å². The summed E-state index contributed by atoms with van der Waals surface area (Å²) in [6.07, 6.45) is 5.03. The molecule has 0 saturated carbocycles. The fourth-order valence-corrected chi connectivity index (χ4v) is 3.68. The van der Waals surface area contributed by atoms with Gasteiger partial charge in [-0.15, -0.1) is 0 Å². The van der Waals surface area contributed by atoms with Gasteiger partial charge in [-0.2, -0.15) is 0 Å². The summed E-state index contributed by atoms with van der Waals surface area (Å²) in [5, 5.41) is 2.82. The smallest absolute Gasteiger partial charge is 0.220 e. The molecule has 148 valence electrons. The number of carbonyl (C=O) groups is 2. The molecule has 2 aromatic carbocycles. The van der Waals surface area contributed by atoms with Crippen molar-refractivity contribution in [2.24, 2.45) is 0 Å². The first-order valence-electron chi connectivity index (χ1n) is 10.1. The average molecular weight is 380 g/mol. The van der Waals surface area contributed by atoms with Crippen LogP contribution in [0.1, 0.15) is 58.3 Å². The van der Waals surface area contributed by atoms with Crippen LogP contribution in [-0.2, 0) is 17.6 Å². The number of hydrogen-bond donors (Lipinski definition) is 1. The first-order valence-corrected chi connectivity index (χ1v) is 10.1. The van der Waals surface area contributed by atoms with Crippen LogP contribution in [0.5, 0.6) is 5.75 Å². The molecule has 0 unspecified atom stereocenters. The van der Waals surface area contributed by atoms with Crippen molar-refractivity contribution in [3.8, 4) is 5.75 Å². The van der Waals surface area contributed by atoms with E-state index in [0.29, 0.717) is 13.2 Å². The molecular weight excluding hydrogens is 350 g/mol. The summed E-state index contributed by atoms with van der Waals surface area (Å²) in [5.41, 5.74) is 5.67. The number of carbonyl (C=O) groups excluding carboxylic acids is 2. The Morgan fingerprint density at radius 2 is 1.75 bits per heavy atom. The summed E-state index contributed by atoms with van der Waals surface area (Å²) < 4.78 is 5.71. The van der Waals surface area contributed by atoms with Crippen molar-refractivity contribution in [1.29, 1.82) is 0 Å². The monoisotopic (exact) mass is 379 g/mol. The third-order valence-electron chi connectivity index (χ3n) is 5.26. The fraction of sp³-hybridized carbons (Fsp3) is 0.417. The first-order chi connectivity index (χ1) is 13.5. The molecule has 1 aliphatic carbocycles. The van der Waals surface area contributed by atoms with Crippen LogP contribution in [0.4, 0.5) is 0 Å². The number of benzene rings is 2. The Balaban J connectivity index is 1.38. The molecule has 3 rings (SSSR count). The van der Waals surface area contributed by atoms with E-state index in [2.05, 4.69) is 17.4 Å². The minimum Gasteiger partial charge on any atom is -0.491 e. The molecule has 4 heteroatoms. The van der Waals surface area contributed by atoms with Gasteiger partial charge < -0.3 is 10.1 Å². The number of nitrogens with one attached hydrogen (secondary N) is 1. The Morgan fingerprint density at radius 1 is 0.964 bits per heavy atom. The maximum absolute atomic E-state index is 12.4. The highest BCUT2D eigenvalue weighted by Crippen LogP contribution is 2.23. The third kappa shape index (κ3) is 5.44. The Bertz CT molecular complexity index is 857. The van der Waals surface area contributed by atoms with Crippen LogP contribution in [-0.4, -0.2) is 24.8 Å². The minimum absolute atomic E-state index is 0.0371. The molecule has 2 aromatic rings. The maximum atomic E-state index is 12.4. The normalized spacial score (nSPS) is 12.9. The van der Waals surface area contributed by atoms with Crippen LogP contribution in [0.2, 0.25) is 0 Å². The van der Waals surface area contributed by atoms with Gasteiger partial charge in [0.25, 0.3) is 0 Å². The lowest BCUT2D eigenvalue weighted by molar-refractivity contribution is -0.121. The predicted octanol–water partition coefficient (Wildman–Crippen LogP) is 4.34. The van der Waals surface area contributed by atoms with E-state index in [1.807, 2.05) is 38.1 Å². The molecule has 0 fully saturated rings. The standard InChI is InChI=1S/C24H29NO3/c1-17-7-11-23(18(2)15-17)28-14-13-25-24(27)12-10-22(26)21-9-8-19-5-3-4-6-20(19)16-21/h7-9,11,15-16H,3-6,10,12-14H2,1-2H3,(H,25,27). The zero-order valence-corrected chi connectivity index (χ0v) is 16.8. The summed E-state index contributed by atoms with van der Waals surface area (Å²) in [4.78, 5) is 24.4. The second kappa shape index (κ2) is 9.54. The SMILES string of the molecule is Cc1ccc(OCCNC(=O)CCC(=O)c2ccc3c(c2)CCCC3)c(C)c1. The summed E-state index contributed by atoms with van der Waals surface area (Å²) in [7, 11) is 0. The summed E-state index contributed by atoms with van der Waals surface area (Å²) >= 11 is 0. The van der Waals surface area contributed by atoms with Crippen molar-refractivity contribution in [2.75, 3.05) is 13.2 Å². The third-order valence-corrected chi connectivity index (χ3v) is 5.26. The highest BCUT2D eigenvalue weighted by molar-refractivity contribution is 5.98. The molecule has 0 bridgehead atoms. The Morgan fingerprint density at radius 3 is 2.54 bits per heavy atom. The number of ether oxygens (including phenoxy) is 1. The van der Waals surface area contributed by atoms with Crippen molar-refractivity contribution in [3.05, 3.63) is 64.2 Å². The van der Waals surface area contributed by atoms with Gasteiger partial charge >= 0.3 is 0 Å². The average Bonchev–Trinajstić information content (AvgIpc) is 2.70. The van der Waals surface area contributed by atoms with Crippen LogP contribution in [0.15, 0.2) is 36.4 Å². The molecule has 1 aliphatic rings. The lowest BCUT2D eigenvalue weighted by Gasteiger charge is -2.16. The molecule has 0 heterocycles. The van der Waals surface area contributed by atoms with E-state index in [0.717, 1.165) is 29.7 Å². The number of amides is 1. The zero-order chi connectivity index (χ0) is 19.9. The van der Waals surface area contributed by atoms with E-state index >= 15 is 0 Å². The Hall–Kier alpha value is -2.62. The van der Waals surface area contributed by atoms with E-state index in [4.69, 9.17) is 4.74 Å². The van der Waals surface area contributed by atoms with Gasteiger partial charge in [0.05, 0.1) is 6.54 Å². The number of aryl methyl sites for hydroxylation is 4. The van der Waals surface area contributed by atoms with Gasteiger partial charge in [-0.3, -0.25) is 9.59 Å². The van der Waals surface area contributed by atoms with Crippen molar-refractivity contribution in [2.45, 2.75) is 52.4 Å². The van der Waals surface area contributed by atoms with E-state index in [9.17, 15) is 9.59 Å². The second-order valence-corrected chi connectivity index (χ2v) is 7.58. The number of fused-ring (bicyclic) bond motifs is 1. The number of hydrogen-bond acceptors (Lipinski definition) is 3. The largest absolute Gasteiger partial charge is 0.491 e. The van der Waals surface area contributed by atoms with Crippen LogP contribution in [0.3, 0.4) is 0 Å². The van der Waals surface area contributed by atoms with Crippen LogP contribution < -0.4 is 10.1 Å². The topological polar surface area (TPSA) is 55.4 Å². The number of rotatable bonds is 8. The molecule has 0 aliphatic heterocycles. The molecule has 0 spiro atoms. The quantitative estimate of drug-likeness (QED) is 0.548. The lowest BCUT2D eigenvalue weighted by Crippen LogP contribution is -2.28. The highest BCUT2D eigenvalue weighted by atomic mass is 16.5. The van der Waals surface area contributed by atoms with Crippen LogP contribution >= 0.6 is 0 Å². The highest BCUT2D eigenvalue weighted by Gasteiger charge is 2.14. The van der Waals surface area contributed by atoms with Crippen molar-refractivity contribution in [3.63, 3.8) is 0 Å². The zero-order valence-electron chi connectivity index (χ0n) is 16.8. The van der Waals surface area contributed by atoms with Gasteiger partial charge in [0, 0.05) is 18.4 Å². The molecule has 0 saturated heterocycles. The first kappa shape index (κ1) is 20.1. The maximum Gasteiger partial charge on any atom is 0.220 e. The van der Waals surface area contributed by atoms with E-state index < -0.39 is 0 Å². The summed E-state index contributed by atoms with van der Waals surface area (Å²) in [5.74, 6) is 0.757. The van der Waals surface area contributed by atoms with Gasteiger partial charge in [-0.05, 0) is 68.4 Å². The lowest BCUT2D eigenvalue weighted by atomic mass is 9.89. The van der Waals surface area contributed by atoms with E-state index in [-0.39, 0.29) is 24.5 Å². The van der Waals surface area contributed by atoms with Gasteiger partial charge in [-0.25, -0.2) is 0 Å². The van der Waals surface area contributed by atoms with Crippen molar-refractivity contribution in [1.82, 2.24) is 5.32 Å². The number of ketones is 1. The molecular formula is C24H29NO3.